The maximum atomic E-state index is 9.10. The van der Waals surface area contributed by atoms with Gasteiger partial charge in [-0.3, -0.25) is 9.97 Å². The zero-order valence-electron chi connectivity index (χ0n) is 7.62. The predicted molar refractivity (Wildman–Crippen MR) is 47.9 cm³/mol. The first kappa shape index (κ1) is 8.18. The number of rotatable bonds is 1. The van der Waals surface area contributed by atoms with E-state index in [9.17, 15) is 0 Å². The Kier molecular flexibility index (Phi) is 1.77. The highest BCUT2D eigenvalue weighted by Crippen LogP contribution is 2.42. The van der Waals surface area contributed by atoms with Crippen LogP contribution >= 0.6 is 0 Å². The largest absolute Gasteiger partial charge is 0.258 e. The fourth-order valence-corrected chi connectivity index (χ4v) is 1.81. The van der Waals surface area contributed by atoms with Gasteiger partial charge in [0.25, 0.3) is 0 Å². The minimum Gasteiger partial charge on any atom is -0.258 e. The van der Waals surface area contributed by atoms with Gasteiger partial charge >= 0.3 is 0 Å². The molecule has 66 valence electrons. The molecule has 1 aromatic heterocycles. The summed E-state index contributed by atoms with van der Waals surface area (Å²) in [5, 5.41) is 9.10. The minimum atomic E-state index is -0.321. The van der Waals surface area contributed by atoms with Crippen molar-refractivity contribution in [2.45, 2.75) is 31.6 Å². The molecule has 2 rings (SSSR count). The highest BCUT2D eigenvalue weighted by molar-refractivity contribution is 5.32. The van der Waals surface area contributed by atoms with Crippen molar-refractivity contribution in [3.63, 3.8) is 0 Å². The summed E-state index contributed by atoms with van der Waals surface area (Å²) < 4.78 is 0. The average molecular weight is 173 g/mol. The van der Waals surface area contributed by atoms with E-state index in [1.807, 2.05) is 6.92 Å². The molecule has 1 saturated carbocycles. The van der Waals surface area contributed by atoms with Gasteiger partial charge in [0, 0.05) is 12.4 Å². The van der Waals surface area contributed by atoms with Gasteiger partial charge in [0.1, 0.15) is 5.41 Å². The Bertz CT molecular complexity index is 361. The monoisotopic (exact) mass is 173 g/mol. The van der Waals surface area contributed by atoms with Crippen LogP contribution in [0.5, 0.6) is 0 Å². The molecule has 0 radical (unpaired) electrons. The third kappa shape index (κ3) is 1.10. The SMILES string of the molecule is Cc1nccnc1C1(C#N)CCC1. The van der Waals surface area contributed by atoms with E-state index in [4.69, 9.17) is 5.26 Å². The van der Waals surface area contributed by atoms with Crippen LogP contribution in [0.15, 0.2) is 12.4 Å². The second-order valence-electron chi connectivity index (χ2n) is 3.54. The number of aryl methyl sites for hydroxylation is 1. The molecule has 3 nitrogen and oxygen atoms in total. The van der Waals surface area contributed by atoms with Crippen LogP contribution in [0, 0.1) is 18.3 Å². The zero-order valence-corrected chi connectivity index (χ0v) is 7.62. The molecule has 1 aliphatic rings. The molecule has 0 N–H and O–H groups in total. The second-order valence-corrected chi connectivity index (χ2v) is 3.54. The Hall–Kier alpha value is -1.43. The molecule has 0 amide bonds. The smallest absolute Gasteiger partial charge is 0.101 e. The first-order chi connectivity index (χ1) is 6.28. The highest BCUT2D eigenvalue weighted by Gasteiger charge is 2.41. The van der Waals surface area contributed by atoms with Gasteiger partial charge in [-0.2, -0.15) is 5.26 Å². The van der Waals surface area contributed by atoms with E-state index < -0.39 is 0 Å². The summed E-state index contributed by atoms with van der Waals surface area (Å²) in [4.78, 5) is 8.42. The Morgan fingerprint density at radius 1 is 1.38 bits per heavy atom. The van der Waals surface area contributed by atoms with E-state index in [0.29, 0.717) is 0 Å². The third-order valence-electron chi connectivity index (χ3n) is 2.76. The molecule has 1 aliphatic carbocycles. The summed E-state index contributed by atoms with van der Waals surface area (Å²) in [5.74, 6) is 0. The molecule has 0 spiro atoms. The lowest BCUT2D eigenvalue weighted by atomic mass is 9.67. The molecule has 0 aromatic carbocycles. The van der Waals surface area contributed by atoms with Crippen LogP contribution in [-0.2, 0) is 5.41 Å². The van der Waals surface area contributed by atoms with Crippen LogP contribution in [0.25, 0.3) is 0 Å². The third-order valence-corrected chi connectivity index (χ3v) is 2.76. The van der Waals surface area contributed by atoms with Gasteiger partial charge in [-0.05, 0) is 26.2 Å². The average Bonchev–Trinajstić information content (AvgIpc) is 2.07. The molecule has 3 heteroatoms. The zero-order chi connectivity index (χ0) is 9.31. The van der Waals surface area contributed by atoms with Crippen LogP contribution < -0.4 is 0 Å². The fraction of sp³-hybridized carbons (Fsp3) is 0.500. The van der Waals surface area contributed by atoms with Crippen molar-refractivity contribution in [1.29, 1.82) is 5.26 Å². The van der Waals surface area contributed by atoms with Crippen molar-refractivity contribution in [3.8, 4) is 6.07 Å². The van der Waals surface area contributed by atoms with Crippen LogP contribution in [0.2, 0.25) is 0 Å². The van der Waals surface area contributed by atoms with Crippen molar-refractivity contribution in [1.82, 2.24) is 9.97 Å². The van der Waals surface area contributed by atoms with Crippen molar-refractivity contribution in [2.75, 3.05) is 0 Å². The standard InChI is InChI=1S/C10H11N3/c1-8-9(13-6-5-12-8)10(7-11)3-2-4-10/h5-6H,2-4H2,1H3. The van der Waals surface area contributed by atoms with Crippen molar-refractivity contribution >= 4 is 0 Å². The van der Waals surface area contributed by atoms with E-state index in [0.717, 1.165) is 30.7 Å². The molecule has 0 bridgehead atoms. The number of aromatic nitrogens is 2. The first-order valence-corrected chi connectivity index (χ1v) is 4.48. The van der Waals surface area contributed by atoms with E-state index in [1.165, 1.54) is 0 Å². The normalized spacial score (nSPS) is 18.8. The Morgan fingerprint density at radius 2 is 2.08 bits per heavy atom. The Morgan fingerprint density at radius 3 is 2.54 bits per heavy atom. The molecular weight excluding hydrogens is 162 g/mol. The molecular formula is C10H11N3. The number of hydrogen-bond acceptors (Lipinski definition) is 3. The number of hydrogen-bond donors (Lipinski definition) is 0. The van der Waals surface area contributed by atoms with E-state index in [1.54, 1.807) is 12.4 Å². The summed E-state index contributed by atoms with van der Waals surface area (Å²) in [6, 6.07) is 2.37. The van der Waals surface area contributed by atoms with Gasteiger partial charge < -0.3 is 0 Å². The van der Waals surface area contributed by atoms with E-state index in [-0.39, 0.29) is 5.41 Å². The molecule has 0 saturated heterocycles. The predicted octanol–water partition coefficient (Wildman–Crippen LogP) is 1.73. The van der Waals surface area contributed by atoms with Crippen LogP contribution in [0.4, 0.5) is 0 Å². The van der Waals surface area contributed by atoms with Crippen molar-refractivity contribution in [3.05, 3.63) is 23.8 Å². The van der Waals surface area contributed by atoms with Crippen LogP contribution in [0.3, 0.4) is 0 Å². The molecule has 0 atom stereocenters. The maximum Gasteiger partial charge on any atom is 0.101 e. The van der Waals surface area contributed by atoms with Gasteiger partial charge in [-0.25, -0.2) is 0 Å². The van der Waals surface area contributed by atoms with Crippen LogP contribution in [-0.4, -0.2) is 9.97 Å². The summed E-state index contributed by atoms with van der Waals surface area (Å²) in [7, 11) is 0. The lowest BCUT2D eigenvalue weighted by Crippen LogP contribution is -2.34. The summed E-state index contributed by atoms with van der Waals surface area (Å²) in [5.41, 5.74) is 1.45. The minimum absolute atomic E-state index is 0.321. The molecule has 0 aliphatic heterocycles. The van der Waals surface area contributed by atoms with Gasteiger partial charge in [-0.15, -0.1) is 0 Å². The first-order valence-electron chi connectivity index (χ1n) is 4.48. The lowest BCUT2D eigenvalue weighted by Gasteiger charge is -2.34. The molecule has 1 aromatic rings. The topological polar surface area (TPSA) is 49.6 Å². The Balaban J connectivity index is 2.46. The summed E-state index contributed by atoms with van der Waals surface area (Å²) >= 11 is 0. The van der Waals surface area contributed by atoms with Crippen molar-refractivity contribution in [2.24, 2.45) is 0 Å². The molecule has 0 unspecified atom stereocenters. The highest BCUT2D eigenvalue weighted by atomic mass is 14.8. The number of nitrogens with zero attached hydrogens (tertiary/aromatic N) is 3. The molecule has 13 heavy (non-hydrogen) atoms. The summed E-state index contributed by atoms with van der Waals surface area (Å²) in [6.07, 6.45) is 6.33. The van der Waals surface area contributed by atoms with E-state index in [2.05, 4.69) is 16.0 Å². The van der Waals surface area contributed by atoms with Gasteiger partial charge in [0.05, 0.1) is 17.5 Å². The van der Waals surface area contributed by atoms with Gasteiger partial charge in [-0.1, -0.05) is 0 Å². The fourth-order valence-electron chi connectivity index (χ4n) is 1.81. The Labute approximate surface area is 77.4 Å². The number of nitriles is 1. The lowest BCUT2D eigenvalue weighted by molar-refractivity contribution is 0.313. The quantitative estimate of drug-likeness (QED) is 0.649. The van der Waals surface area contributed by atoms with E-state index >= 15 is 0 Å². The maximum absolute atomic E-state index is 9.10. The van der Waals surface area contributed by atoms with Gasteiger partial charge in [0.2, 0.25) is 0 Å². The van der Waals surface area contributed by atoms with Gasteiger partial charge in [0.15, 0.2) is 0 Å². The second kappa shape index (κ2) is 2.81. The van der Waals surface area contributed by atoms with Crippen LogP contribution in [0.1, 0.15) is 30.7 Å². The van der Waals surface area contributed by atoms with Crippen molar-refractivity contribution < 1.29 is 0 Å². The summed E-state index contributed by atoms with van der Waals surface area (Å²) in [6.45, 7) is 1.92. The molecule has 1 fully saturated rings. The molecule has 1 heterocycles.